The number of nitrogens with zero attached hydrogens (tertiary/aromatic N) is 5. The summed E-state index contributed by atoms with van der Waals surface area (Å²) in [5.74, 6) is -0.694. The number of aryl methyl sites for hydroxylation is 1. The van der Waals surface area contributed by atoms with Gasteiger partial charge in [0.05, 0.1) is 45.9 Å². The molecule has 11 heteroatoms. The molecular formula is C19H20Cl2N6O3. The fourth-order valence-corrected chi connectivity index (χ4v) is 3.40. The molecule has 9 nitrogen and oxygen atoms in total. The highest BCUT2D eigenvalue weighted by Gasteiger charge is 2.24. The molecule has 0 spiro atoms. The van der Waals surface area contributed by atoms with Crippen molar-refractivity contribution in [1.29, 1.82) is 0 Å². The van der Waals surface area contributed by atoms with Crippen LogP contribution >= 0.6 is 23.2 Å². The molecule has 1 N–H and O–H groups in total. The Bertz CT molecular complexity index is 1110. The zero-order valence-electron chi connectivity index (χ0n) is 16.6. The summed E-state index contributed by atoms with van der Waals surface area (Å²) in [5, 5.41) is 23.3. The minimum Gasteiger partial charge on any atom is -0.323 e. The van der Waals surface area contributed by atoms with Crippen molar-refractivity contribution in [2.45, 2.75) is 33.9 Å². The van der Waals surface area contributed by atoms with E-state index in [4.69, 9.17) is 23.2 Å². The van der Waals surface area contributed by atoms with Gasteiger partial charge in [-0.2, -0.15) is 10.2 Å². The van der Waals surface area contributed by atoms with Crippen LogP contribution in [0.15, 0.2) is 30.6 Å². The van der Waals surface area contributed by atoms with Crippen molar-refractivity contribution in [3.8, 4) is 0 Å². The van der Waals surface area contributed by atoms with Crippen molar-refractivity contribution in [2.24, 2.45) is 5.92 Å². The monoisotopic (exact) mass is 450 g/mol. The van der Waals surface area contributed by atoms with Crippen LogP contribution < -0.4 is 5.32 Å². The van der Waals surface area contributed by atoms with Gasteiger partial charge in [-0.05, 0) is 31.5 Å². The second-order valence-electron chi connectivity index (χ2n) is 7.02. The molecule has 0 fully saturated rings. The summed E-state index contributed by atoms with van der Waals surface area (Å²) in [4.78, 5) is 23.2. The molecule has 2 heterocycles. The number of carbonyl (C=O) groups is 1. The highest BCUT2D eigenvalue weighted by Crippen LogP contribution is 2.24. The maximum atomic E-state index is 12.5. The summed E-state index contributed by atoms with van der Waals surface area (Å²) < 4.78 is 3.16. The van der Waals surface area contributed by atoms with Gasteiger partial charge in [-0.3, -0.25) is 24.3 Å². The lowest BCUT2D eigenvalue weighted by Crippen LogP contribution is -2.25. The van der Waals surface area contributed by atoms with Gasteiger partial charge in [0, 0.05) is 6.20 Å². The van der Waals surface area contributed by atoms with Gasteiger partial charge in [0.15, 0.2) is 0 Å². The van der Waals surface area contributed by atoms with Crippen LogP contribution in [0.2, 0.25) is 10.0 Å². The second kappa shape index (κ2) is 8.85. The largest absolute Gasteiger partial charge is 0.323 e. The number of nitrogens with one attached hydrogen (secondary N) is 1. The van der Waals surface area contributed by atoms with Crippen LogP contribution in [0.5, 0.6) is 0 Å². The molecule has 0 aliphatic rings. The lowest BCUT2D eigenvalue weighted by atomic mass is 10.1. The number of rotatable bonds is 7. The normalized spacial score (nSPS) is 12.0. The Kier molecular flexibility index (Phi) is 6.42. The molecular weight excluding hydrogens is 431 g/mol. The number of amides is 1. The Hall–Kier alpha value is -2.91. The summed E-state index contributed by atoms with van der Waals surface area (Å²) in [5.41, 5.74) is 2.20. The highest BCUT2D eigenvalue weighted by molar-refractivity contribution is 6.42. The Morgan fingerprint density at radius 3 is 2.67 bits per heavy atom. The topological polar surface area (TPSA) is 108 Å². The predicted octanol–water partition coefficient (Wildman–Crippen LogP) is 4.23. The SMILES string of the molecule is Cc1nn(CC(C)C(=O)Nc2cnn(Cc3ccc(Cl)c(Cl)c3)c2)c(C)c1[N+](=O)[O-]. The highest BCUT2D eigenvalue weighted by atomic mass is 35.5. The van der Waals surface area contributed by atoms with Crippen molar-refractivity contribution in [3.05, 3.63) is 67.7 Å². The minimum absolute atomic E-state index is 0.0220. The lowest BCUT2D eigenvalue weighted by Gasteiger charge is -2.12. The molecule has 30 heavy (non-hydrogen) atoms. The van der Waals surface area contributed by atoms with Crippen molar-refractivity contribution < 1.29 is 9.72 Å². The molecule has 158 valence electrons. The molecule has 2 aromatic heterocycles. The van der Waals surface area contributed by atoms with Crippen LogP contribution in [-0.2, 0) is 17.9 Å². The van der Waals surface area contributed by atoms with Crippen molar-refractivity contribution >= 4 is 40.5 Å². The second-order valence-corrected chi connectivity index (χ2v) is 7.84. The quantitative estimate of drug-likeness (QED) is 0.427. The van der Waals surface area contributed by atoms with E-state index in [0.717, 1.165) is 5.56 Å². The third-order valence-corrected chi connectivity index (χ3v) is 5.39. The first kappa shape index (κ1) is 21.8. The first-order valence-electron chi connectivity index (χ1n) is 9.11. The number of anilines is 1. The predicted molar refractivity (Wildman–Crippen MR) is 114 cm³/mol. The fourth-order valence-electron chi connectivity index (χ4n) is 3.08. The average Bonchev–Trinajstić information content (AvgIpc) is 3.21. The van der Waals surface area contributed by atoms with Crippen LogP contribution in [0, 0.1) is 29.9 Å². The van der Waals surface area contributed by atoms with Crippen LogP contribution in [-0.4, -0.2) is 30.4 Å². The minimum atomic E-state index is -0.457. The van der Waals surface area contributed by atoms with E-state index in [-0.39, 0.29) is 18.1 Å². The van der Waals surface area contributed by atoms with E-state index in [2.05, 4.69) is 15.5 Å². The number of nitro groups is 1. The number of hydrogen-bond acceptors (Lipinski definition) is 5. The molecule has 0 aliphatic heterocycles. The van der Waals surface area contributed by atoms with Gasteiger partial charge in [-0.15, -0.1) is 0 Å². The van der Waals surface area contributed by atoms with Gasteiger partial charge in [-0.1, -0.05) is 36.2 Å². The molecule has 0 saturated heterocycles. The van der Waals surface area contributed by atoms with Crippen LogP contribution in [0.4, 0.5) is 11.4 Å². The molecule has 0 aliphatic carbocycles. The standard InChI is InChI=1S/C19H20Cl2N6O3/c1-11(8-26-13(3)18(27(29)30)12(2)24-26)19(28)23-15-7-22-25(10-15)9-14-4-5-16(20)17(21)6-14/h4-7,10-11H,8-9H2,1-3H3,(H,23,28). The van der Waals surface area contributed by atoms with Gasteiger partial charge in [-0.25, -0.2) is 0 Å². The fraction of sp³-hybridized carbons (Fsp3) is 0.316. The molecule has 1 aromatic carbocycles. The van der Waals surface area contributed by atoms with Gasteiger partial charge in [0.2, 0.25) is 5.91 Å². The number of hydrogen-bond donors (Lipinski definition) is 1. The smallest absolute Gasteiger partial charge is 0.312 e. The summed E-state index contributed by atoms with van der Waals surface area (Å²) in [7, 11) is 0. The zero-order chi connectivity index (χ0) is 22.0. The Labute approximate surface area is 182 Å². The molecule has 0 radical (unpaired) electrons. The van der Waals surface area contributed by atoms with Crippen molar-refractivity contribution in [3.63, 3.8) is 0 Å². The zero-order valence-corrected chi connectivity index (χ0v) is 18.1. The molecule has 1 atom stereocenters. The van der Waals surface area contributed by atoms with E-state index in [1.54, 1.807) is 50.0 Å². The van der Waals surface area contributed by atoms with Gasteiger partial charge in [0.25, 0.3) is 0 Å². The van der Waals surface area contributed by atoms with Crippen molar-refractivity contribution in [2.75, 3.05) is 5.32 Å². The summed E-state index contributed by atoms with van der Waals surface area (Å²) >= 11 is 12.0. The Balaban J connectivity index is 1.63. The number of carbonyl (C=O) groups excluding carboxylic acids is 1. The Morgan fingerprint density at radius 2 is 2.03 bits per heavy atom. The maximum absolute atomic E-state index is 12.5. The Morgan fingerprint density at radius 1 is 1.30 bits per heavy atom. The third kappa shape index (κ3) is 4.80. The molecule has 0 saturated carbocycles. The van der Waals surface area contributed by atoms with E-state index < -0.39 is 10.8 Å². The van der Waals surface area contributed by atoms with Crippen LogP contribution in [0.1, 0.15) is 23.9 Å². The average molecular weight is 451 g/mol. The van der Waals surface area contributed by atoms with Gasteiger partial charge >= 0.3 is 5.69 Å². The third-order valence-electron chi connectivity index (χ3n) is 4.65. The van der Waals surface area contributed by atoms with E-state index in [1.807, 2.05) is 6.07 Å². The first-order valence-corrected chi connectivity index (χ1v) is 9.87. The van der Waals surface area contributed by atoms with Crippen molar-refractivity contribution in [1.82, 2.24) is 19.6 Å². The van der Waals surface area contributed by atoms with E-state index >= 15 is 0 Å². The van der Waals surface area contributed by atoms with E-state index in [1.165, 1.54) is 4.68 Å². The number of benzene rings is 1. The molecule has 1 unspecified atom stereocenters. The summed E-state index contributed by atoms with van der Waals surface area (Å²) in [6, 6.07) is 5.33. The molecule has 1 amide bonds. The van der Waals surface area contributed by atoms with E-state index in [9.17, 15) is 14.9 Å². The first-order chi connectivity index (χ1) is 14.2. The maximum Gasteiger partial charge on any atom is 0.312 e. The van der Waals surface area contributed by atoms with Gasteiger partial charge < -0.3 is 5.32 Å². The summed E-state index contributed by atoms with van der Waals surface area (Å²) in [6.07, 6.45) is 3.26. The van der Waals surface area contributed by atoms with Gasteiger partial charge in [0.1, 0.15) is 11.4 Å². The molecule has 0 bridgehead atoms. The number of halogens is 2. The van der Waals surface area contributed by atoms with E-state index in [0.29, 0.717) is 33.7 Å². The number of aromatic nitrogens is 4. The summed E-state index contributed by atoms with van der Waals surface area (Å²) in [6.45, 7) is 5.63. The van der Waals surface area contributed by atoms with Crippen LogP contribution in [0.25, 0.3) is 0 Å². The molecule has 3 rings (SSSR count). The van der Waals surface area contributed by atoms with Crippen LogP contribution in [0.3, 0.4) is 0 Å². The molecule has 3 aromatic rings. The lowest BCUT2D eigenvalue weighted by molar-refractivity contribution is -0.386.